The maximum Gasteiger partial charge on any atom is 0.301 e. The van der Waals surface area contributed by atoms with E-state index in [1.807, 2.05) is 0 Å². The predicted molar refractivity (Wildman–Crippen MR) is 83.0 cm³/mol. The van der Waals surface area contributed by atoms with Crippen LogP contribution in [-0.2, 0) is 0 Å². The Balaban J connectivity index is 3.08. The van der Waals surface area contributed by atoms with E-state index in [1.54, 1.807) is 0 Å². The predicted octanol–water partition coefficient (Wildman–Crippen LogP) is -1.66. The van der Waals surface area contributed by atoms with E-state index in [2.05, 4.69) is 10.5 Å². The molecule has 0 radical (unpaired) electrons. The van der Waals surface area contributed by atoms with E-state index in [0.717, 1.165) is 12.1 Å². The normalized spacial score (nSPS) is 15.3. The van der Waals surface area contributed by atoms with Crippen molar-refractivity contribution in [3.8, 4) is 0 Å². The minimum Gasteiger partial charge on any atom is -0.394 e. The number of non-ortho nitro benzene ring substituents is 1. The molecule has 0 unspecified atom stereocenters. The molecular formula is C12H16N4O9. The average Bonchev–Trinajstić information content (AvgIpc) is 2.60. The number of benzene rings is 1. The molecule has 0 saturated carbocycles. The molecule has 0 spiro atoms. The Morgan fingerprint density at radius 3 is 2.28 bits per heavy atom. The lowest BCUT2D eigenvalue weighted by Crippen LogP contribution is -2.45. The van der Waals surface area contributed by atoms with Gasteiger partial charge in [0, 0.05) is 6.07 Å². The summed E-state index contributed by atoms with van der Waals surface area (Å²) < 4.78 is 0. The summed E-state index contributed by atoms with van der Waals surface area (Å²) >= 11 is 0. The van der Waals surface area contributed by atoms with Crippen LogP contribution in [0.1, 0.15) is 0 Å². The highest BCUT2D eigenvalue weighted by Crippen LogP contribution is 2.28. The number of rotatable bonds is 9. The monoisotopic (exact) mass is 360 g/mol. The van der Waals surface area contributed by atoms with Gasteiger partial charge in [-0.2, -0.15) is 5.10 Å². The Kier molecular flexibility index (Phi) is 7.28. The van der Waals surface area contributed by atoms with Crippen LogP contribution in [0.3, 0.4) is 0 Å². The summed E-state index contributed by atoms with van der Waals surface area (Å²) in [4.78, 5) is 19.9. The number of anilines is 1. The minimum absolute atomic E-state index is 0.272. The van der Waals surface area contributed by atoms with Crippen LogP contribution in [-0.4, -0.2) is 72.6 Å². The van der Waals surface area contributed by atoms with E-state index in [1.165, 1.54) is 0 Å². The molecule has 1 aromatic carbocycles. The highest BCUT2D eigenvalue weighted by Gasteiger charge is 2.28. The standard InChI is InChI=1S/C12H16N4O9/c17-4-8(11(20)12(21)10(19)5-18)14-13-7-2-1-6(15(22)23)3-9(7)16(24)25/h1-3,10-13,17-21H,4-5H2/b14-8-/t10-,11-,12-/m1/s1. The molecule has 0 aromatic heterocycles. The van der Waals surface area contributed by atoms with Crippen molar-refractivity contribution < 1.29 is 35.4 Å². The fraction of sp³-hybridized carbons (Fsp3) is 0.417. The Hall–Kier alpha value is -2.71. The fourth-order valence-electron chi connectivity index (χ4n) is 1.72. The lowest BCUT2D eigenvalue weighted by Gasteiger charge is -2.22. The topological polar surface area (TPSA) is 212 Å². The number of nitro groups is 2. The summed E-state index contributed by atoms with van der Waals surface area (Å²) in [7, 11) is 0. The molecule has 0 bridgehead atoms. The fourth-order valence-corrected chi connectivity index (χ4v) is 1.72. The van der Waals surface area contributed by atoms with Gasteiger partial charge in [-0.1, -0.05) is 0 Å². The van der Waals surface area contributed by atoms with Crippen molar-refractivity contribution in [1.29, 1.82) is 0 Å². The molecule has 0 aliphatic heterocycles. The van der Waals surface area contributed by atoms with Gasteiger partial charge < -0.3 is 25.5 Å². The zero-order valence-corrected chi connectivity index (χ0v) is 12.6. The van der Waals surface area contributed by atoms with Crippen LogP contribution in [0.5, 0.6) is 0 Å². The second-order valence-electron chi connectivity index (χ2n) is 4.77. The maximum absolute atomic E-state index is 11.0. The number of nitrogens with zero attached hydrogens (tertiary/aromatic N) is 3. The first-order chi connectivity index (χ1) is 11.7. The van der Waals surface area contributed by atoms with Crippen molar-refractivity contribution >= 4 is 22.8 Å². The molecule has 0 fully saturated rings. The molecule has 0 aliphatic carbocycles. The van der Waals surface area contributed by atoms with Gasteiger partial charge in [-0.25, -0.2) is 0 Å². The Morgan fingerprint density at radius 1 is 1.16 bits per heavy atom. The molecule has 0 aliphatic rings. The van der Waals surface area contributed by atoms with Crippen molar-refractivity contribution in [2.75, 3.05) is 18.6 Å². The zero-order valence-electron chi connectivity index (χ0n) is 12.6. The van der Waals surface area contributed by atoms with Crippen LogP contribution >= 0.6 is 0 Å². The molecule has 1 rings (SSSR count). The van der Waals surface area contributed by atoms with Gasteiger partial charge in [-0.3, -0.25) is 25.7 Å². The van der Waals surface area contributed by atoms with Gasteiger partial charge >= 0.3 is 5.69 Å². The second kappa shape index (κ2) is 8.95. The Bertz CT molecular complexity index is 666. The first kappa shape index (κ1) is 20.3. The molecule has 25 heavy (non-hydrogen) atoms. The number of aliphatic hydroxyl groups is 5. The van der Waals surface area contributed by atoms with Crippen molar-refractivity contribution in [3.05, 3.63) is 38.4 Å². The summed E-state index contributed by atoms with van der Waals surface area (Å²) in [5.41, 5.74) is 0.185. The maximum atomic E-state index is 11.0. The van der Waals surface area contributed by atoms with Crippen LogP contribution in [0, 0.1) is 20.2 Å². The lowest BCUT2D eigenvalue weighted by molar-refractivity contribution is -0.393. The first-order valence-electron chi connectivity index (χ1n) is 6.74. The molecule has 0 amide bonds. The van der Waals surface area contributed by atoms with Gasteiger partial charge in [-0.15, -0.1) is 0 Å². The number of hydrogen-bond acceptors (Lipinski definition) is 11. The molecule has 3 atom stereocenters. The van der Waals surface area contributed by atoms with E-state index in [9.17, 15) is 35.5 Å². The zero-order chi connectivity index (χ0) is 19.1. The summed E-state index contributed by atoms with van der Waals surface area (Å²) in [5.74, 6) is 0. The highest BCUT2D eigenvalue weighted by molar-refractivity contribution is 5.91. The molecular weight excluding hydrogens is 344 g/mol. The molecule has 0 saturated heterocycles. The third-order valence-electron chi connectivity index (χ3n) is 3.12. The van der Waals surface area contributed by atoms with Crippen LogP contribution in [0.2, 0.25) is 0 Å². The van der Waals surface area contributed by atoms with E-state index in [0.29, 0.717) is 6.07 Å². The molecule has 6 N–H and O–H groups in total. The summed E-state index contributed by atoms with van der Waals surface area (Å²) in [6.45, 7) is -1.75. The molecule has 0 heterocycles. The van der Waals surface area contributed by atoms with E-state index < -0.39 is 58.5 Å². The molecule has 1 aromatic rings. The minimum atomic E-state index is -1.88. The first-order valence-corrected chi connectivity index (χ1v) is 6.74. The van der Waals surface area contributed by atoms with Gasteiger partial charge in [0.25, 0.3) is 5.69 Å². The molecule has 13 nitrogen and oxygen atoms in total. The van der Waals surface area contributed by atoms with Crippen LogP contribution < -0.4 is 5.43 Å². The van der Waals surface area contributed by atoms with Crippen molar-refractivity contribution in [3.63, 3.8) is 0 Å². The summed E-state index contributed by atoms with van der Waals surface area (Å²) in [6, 6.07) is 2.67. The smallest absolute Gasteiger partial charge is 0.301 e. The average molecular weight is 360 g/mol. The number of nitro benzene ring substituents is 2. The largest absolute Gasteiger partial charge is 0.394 e. The van der Waals surface area contributed by atoms with Crippen molar-refractivity contribution in [2.24, 2.45) is 5.10 Å². The SMILES string of the molecule is O=[N+]([O-])c1ccc(N/N=C(/CO)[C@@H](O)[C@H](O)[C@H](O)CO)c([N+](=O)[O-])c1. The van der Waals surface area contributed by atoms with Gasteiger partial charge in [0.1, 0.15) is 24.0 Å². The van der Waals surface area contributed by atoms with Crippen LogP contribution in [0.25, 0.3) is 0 Å². The number of hydrogen-bond donors (Lipinski definition) is 6. The summed E-state index contributed by atoms with van der Waals surface area (Å²) in [5, 5.41) is 71.6. The Labute approximate surface area is 139 Å². The second-order valence-corrected chi connectivity index (χ2v) is 4.77. The van der Waals surface area contributed by atoms with Crippen LogP contribution in [0.4, 0.5) is 17.1 Å². The van der Waals surface area contributed by atoms with E-state index >= 15 is 0 Å². The van der Waals surface area contributed by atoms with E-state index in [4.69, 9.17) is 10.2 Å². The third-order valence-corrected chi connectivity index (χ3v) is 3.12. The summed E-state index contributed by atoms with van der Waals surface area (Å²) in [6.07, 6.45) is -5.46. The highest BCUT2D eigenvalue weighted by atomic mass is 16.6. The van der Waals surface area contributed by atoms with Crippen LogP contribution in [0.15, 0.2) is 23.3 Å². The third kappa shape index (κ3) is 5.13. The van der Waals surface area contributed by atoms with Gasteiger partial charge in [0.15, 0.2) is 0 Å². The number of hydrazone groups is 1. The Morgan fingerprint density at radius 2 is 1.80 bits per heavy atom. The molecule has 13 heteroatoms. The number of aliphatic hydroxyl groups excluding tert-OH is 5. The van der Waals surface area contributed by atoms with Gasteiger partial charge in [-0.05, 0) is 6.07 Å². The quantitative estimate of drug-likeness (QED) is 0.167. The van der Waals surface area contributed by atoms with Gasteiger partial charge in [0.2, 0.25) is 0 Å². The lowest BCUT2D eigenvalue weighted by atomic mass is 10.0. The van der Waals surface area contributed by atoms with Gasteiger partial charge in [0.05, 0.1) is 34.8 Å². The van der Waals surface area contributed by atoms with Crippen molar-refractivity contribution in [2.45, 2.75) is 18.3 Å². The number of nitrogens with one attached hydrogen (secondary N) is 1. The molecule has 138 valence electrons. The van der Waals surface area contributed by atoms with E-state index in [-0.39, 0.29) is 5.69 Å². The van der Waals surface area contributed by atoms with Crippen molar-refractivity contribution in [1.82, 2.24) is 0 Å².